The number of fused-ring (bicyclic) bond motifs is 1. The Balaban J connectivity index is 1.62. The number of nitrogens with zero attached hydrogens (tertiary/aromatic N) is 3. The monoisotopic (exact) mass is 419 g/mol. The first kappa shape index (κ1) is 20.4. The Labute approximate surface area is 170 Å². The molecular formula is C18H17BF3N5O3. The average Bonchev–Trinajstić information content (AvgIpc) is 3.29. The van der Waals surface area contributed by atoms with E-state index in [0.29, 0.717) is 24.6 Å². The fourth-order valence-electron chi connectivity index (χ4n) is 3.46. The highest BCUT2D eigenvalue weighted by molar-refractivity contribution is 6.62. The minimum atomic E-state index is -4.66. The normalized spacial score (nSPS) is 20.7. The molecule has 2 aromatic rings. The molecule has 3 heterocycles. The number of aryl methyl sites for hydroxylation is 1. The maximum atomic E-state index is 13.5. The minimum absolute atomic E-state index is 0.0862. The summed E-state index contributed by atoms with van der Waals surface area (Å²) in [5.74, 6) is 0.218. The molecule has 12 heteroatoms. The molecule has 0 spiro atoms. The van der Waals surface area contributed by atoms with Gasteiger partial charge in [-0.05, 0) is 24.6 Å². The topological polar surface area (TPSA) is 112 Å². The van der Waals surface area contributed by atoms with Gasteiger partial charge in [0.2, 0.25) is 5.95 Å². The zero-order valence-corrected chi connectivity index (χ0v) is 15.8. The second-order valence-corrected chi connectivity index (χ2v) is 7.13. The van der Waals surface area contributed by atoms with Crippen LogP contribution in [0.5, 0.6) is 0 Å². The smallest absolute Gasteiger partial charge is 0.423 e. The van der Waals surface area contributed by atoms with Crippen molar-refractivity contribution < 1.29 is 27.6 Å². The van der Waals surface area contributed by atoms with E-state index in [1.807, 2.05) is 0 Å². The summed E-state index contributed by atoms with van der Waals surface area (Å²) in [6.45, 7) is 2.33. The van der Waals surface area contributed by atoms with Gasteiger partial charge in [-0.1, -0.05) is 0 Å². The molecule has 0 amide bonds. The van der Waals surface area contributed by atoms with Crippen molar-refractivity contribution in [3.63, 3.8) is 0 Å². The van der Waals surface area contributed by atoms with Gasteiger partial charge in [-0.3, -0.25) is 0 Å². The Hall–Kier alpha value is -2.88. The van der Waals surface area contributed by atoms with E-state index in [-0.39, 0.29) is 41.2 Å². The van der Waals surface area contributed by atoms with Crippen LogP contribution in [0, 0.1) is 24.2 Å². The first-order chi connectivity index (χ1) is 14.3. The number of alkyl halides is 3. The van der Waals surface area contributed by atoms with Crippen molar-refractivity contribution in [2.45, 2.75) is 25.7 Å². The zero-order chi connectivity index (χ0) is 21.5. The third-order valence-electron chi connectivity index (χ3n) is 5.01. The van der Waals surface area contributed by atoms with Crippen molar-refractivity contribution in [1.82, 2.24) is 9.97 Å². The van der Waals surface area contributed by atoms with Gasteiger partial charge >= 0.3 is 13.3 Å². The molecule has 0 radical (unpaired) electrons. The molecule has 3 N–H and O–H groups in total. The van der Waals surface area contributed by atoms with E-state index in [2.05, 4.69) is 26.7 Å². The molecule has 0 bridgehead atoms. The van der Waals surface area contributed by atoms with Crippen LogP contribution in [0.2, 0.25) is 0 Å². The summed E-state index contributed by atoms with van der Waals surface area (Å²) in [6, 6.07) is 4.29. The van der Waals surface area contributed by atoms with Crippen molar-refractivity contribution in [2.75, 3.05) is 23.8 Å². The molecule has 1 saturated heterocycles. The Morgan fingerprint density at radius 1 is 1.33 bits per heavy atom. The number of hydrogen-bond donors (Lipinski definition) is 3. The number of nitriles is 1. The van der Waals surface area contributed by atoms with Crippen molar-refractivity contribution in [1.29, 1.82) is 5.26 Å². The summed E-state index contributed by atoms with van der Waals surface area (Å²) < 4.78 is 50.7. The van der Waals surface area contributed by atoms with Gasteiger partial charge in [-0.25, -0.2) is 4.98 Å². The Morgan fingerprint density at radius 2 is 2.13 bits per heavy atom. The molecule has 2 atom stereocenters. The first-order valence-corrected chi connectivity index (χ1v) is 9.14. The largest absolute Gasteiger partial charge is 0.492 e. The van der Waals surface area contributed by atoms with Crippen molar-refractivity contribution in [2.24, 2.45) is 5.92 Å². The van der Waals surface area contributed by atoms with Crippen molar-refractivity contribution in [3.8, 4) is 6.07 Å². The van der Waals surface area contributed by atoms with E-state index in [1.165, 1.54) is 12.3 Å². The van der Waals surface area contributed by atoms with Gasteiger partial charge in [0.25, 0.3) is 0 Å². The van der Waals surface area contributed by atoms with Gasteiger partial charge in [0.15, 0.2) is 0 Å². The number of benzene rings is 1. The number of halogens is 3. The summed E-state index contributed by atoms with van der Waals surface area (Å²) in [4.78, 5) is 8.47. The van der Waals surface area contributed by atoms with E-state index < -0.39 is 18.9 Å². The lowest BCUT2D eigenvalue weighted by atomic mass is 9.75. The highest BCUT2D eigenvalue weighted by Gasteiger charge is 2.41. The third kappa shape index (κ3) is 3.91. The molecule has 156 valence electrons. The molecule has 2 aliphatic heterocycles. The zero-order valence-electron chi connectivity index (χ0n) is 15.8. The molecule has 0 aliphatic carbocycles. The van der Waals surface area contributed by atoms with E-state index in [0.717, 1.165) is 6.07 Å². The van der Waals surface area contributed by atoms with E-state index >= 15 is 0 Å². The van der Waals surface area contributed by atoms with Gasteiger partial charge in [-0.15, -0.1) is 0 Å². The molecular weight excluding hydrogens is 402 g/mol. The van der Waals surface area contributed by atoms with Crippen LogP contribution >= 0.6 is 0 Å². The molecule has 30 heavy (non-hydrogen) atoms. The molecule has 0 unspecified atom stereocenters. The van der Waals surface area contributed by atoms with Crippen LogP contribution in [0.25, 0.3) is 0 Å². The summed E-state index contributed by atoms with van der Waals surface area (Å²) in [6.07, 6.45) is -3.13. The van der Waals surface area contributed by atoms with Crippen LogP contribution in [-0.4, -0.2) is 41.4 Å². The fourth-order valence-corrected chi connectivity index (χ4v) is 3.46. The summed E-state index contributed by atoms with van der Waals surface area (Å²) in [7, 11) is -1.61. The Morgan fingerprint density at radius 3 is 2.87 bits per heavy atom. The number of anilines is 3. The second-order valence-electron chi connectivity index (χ2n) is 7.13. The second kappa shape index (κ2) is 7.75. The molecule has 1 aromatic carbocycles. The number of hydrogen-bond acceptors (Lipinski definition) is 8. The highest BCUT2D eigenvalue weighted by atomic mass is 19.4. The predicted molar refractivity (Wildman–Crippen MR) is 101 cm³/mol. The van der Waals surface area contributed by atoms with Crippen molar-refractivity contribution >= 4 is 30.0 Å². The van der Waals surface area contributed by atoms with E-state index in [4.69, 9.17) is 9.39 Å². The van der Waals surface area contributed by atoms with Crippen molar-refractivity contribution in [3.05, 3.63) is 35.0 Å². The lowest BCUT2D eigenvalue weighted by molar-refractivity contribution is -0.136. The average molecular weight is 419 g/mol. The number of aromatic nitrogens is 2. The lowest BCUT2D eigenvalue weighted by Crippen LogP contribution is -2.34. The van der Waals surface area contributed by atoms with Crippen LogP contribution in [0.4, 0.5) is 30.6 Å². The van der Waals surface area contributed by atoms with Gasteiger partial charge < -0.3 is 25.0 Å². The Bertz CT molecular complexity index is 1010. The maximum Gasteiger partial charge on any atom is 0.492 e. The summed E-state index contributed by atoms with van der Waals surface area (Å²) in [5, 5.41) is 24.9. The van der Waals surface area contributed by atoms with Crippen LogP contribution in [0.3, 0.4) is 0 Å². The maximum absolute atomic E-state index is 13.5. The van der Waals surface area contributed by atoms with E-state index in [9.17, 15) is 23.5 Å². The third-order valence-corrected chi connectivity index (χ3v) is 5.01. The molecule has 4 rings (SSSR count). The Kier molecular flexibility index (Phi) is 5.27. The summed E-state index contributed by atoms with van der Waals surface area (Å²) in [5.41, 5.74) is -0.175. The van der Waals surface area contributed by atoms with Crippen LogP contribution in [0.1, 0.15) is 16.7 Å². The molecule has 8 nitrogen and oxygen atoms in total. The lowest BCUT2D eigenvalue weighted by Gasteiger charge is -2.18. The number of nitrogens with one attached hydrogen (secondary N) is 2. The molecule has 1 fully saturated rings. The summed E-state index contributed by atoms with van der Waals surface area (Å²) >= 11 is 0. The quantitative estimate of drug-likeness (QED) is 0.643. The van der Waals surface area contributed by atoms with Gasteiger partial charge in [0, 0.05) is 22.9 Å². The highest BCUT2D eigenvalue weighted by Crippen LogP contribution is 2.33. The SMILES string of the molecule is Cc1cnc(Nc2cc3c(c(C(F)(F)F)c2)B(O)OC3)nc1N[C@@H]1COC[C@H]1C#N. The van der Waals surface area contributed by atoms with Crippen LogP contribution < -0.4 is 16.1 Å². The standard InChI is InChI=1S/C18H17BF3N5O3/c1-9-5-24-17(27-16(9)26-14-8-29-6-11(14)4-23)25-12-2-10-7-30-19(28)15(10)13(3-12)18(20,21)22/h2-3,5,11,14,28H,6-8H2,1H3,(H2,24,25,26,27)/t11-,14-/m1/s1. The molecule has 2 aliphatic rings. The first-order valence-electron chi connectivity index (χ1n) is 9.14. The van der Waals surface area contributed by atoms with E-state index in [1.54, 1.807) is 6.92 Å². The van der Waals surface area contributed by atoms with Crippen LogP contribution in [-0.2, 0) is 22.2 Å². The number of ether oxygens (including phenoxy) is 1. The fraction of sp³-hybridized carbons (Fsp3) is 0.389. The number of rotatable bonds is 4. The predicted octanol–water partition coefficient (Wildman–Crippen LogP) is 1.72. The van der Waals surface area contributed by atoms with Gasteiger partial charge in [0.1, 0.15) is 5.82 Å². The molecule has 0 saturated carbocycles. The van der Waals surface area contributed by atoms with Gasteiger partial charge in [0.05, 0.1) is 43.4 Å². The van der Waals surface area contributed by atoms with Crippen LogP contribution in [0.15, 0.2) is 18.3 Å². The van der Waals surface area contributed by atoms with Gasteiger partial charge in [-0.2, -0.15) is 23.4 Å². The minimum Gasteiger partial charge on any atom is -0.423 e. The molecule has 1 aromatic heterocycles.